The number of hydrogen-bond donors (Lipinski definition) is 2. The van der Waals surface area contributed by atoms with E-state index in [2.05, 4.69) is 15.5 Å². The molecule has 1 saturated carbocycles. The molecule has 30 heavy (non-hydrogen) atoms. The van der Waals surface area contributed by atoms with Crippen LogP contribution in [-0.4, -0.2) is 55.0 Å². The summed E-state index contributed by atoms with van der Waals surface area (Å²) in [5, 5.41) is 5.99. The Kier molecular flexibility index (Phi) is 8.25. The summed E-state index contributed by atoms with van der Waals surface area (Å²) in [4.78, 5) is 38.6. The molecule has 0 radical (unpaired) electrons. The van der Waals surface area contributed by atoms with Crippen molar-refractivity contribution in [2.75, 3.05) is 31.6 Å². The standard InChI is InChI=1S/C23H33N3O4/c1-2-30-23(29)18-12-14-26(15-13-18)16-21(27)24-20-10-8-17(9-11-20)22(28)25-19-6-4-3-5-7-19/h8-11,18-19H,2-7,12-16H2,1H3,(H,24,27)(H,25,28). The summed E-state index contributed by atoms with van der Waals surface area (Å²) in [5.41, 5.74) is 1.29. The molecule has 7 heteroatoms. The van der Waals surface area contributed by atoms with Crippen LogP contribution in [0.25, 0.3) is 0 Å². The molecule has 1 aromatic carbocycles. The third-order valence-corrected chi connectivity index (χ3v) is 5.95. The molecule has 0 unspecified atom stereocenters. The zero-order valence-electron chi connectivity index (χ0n) is 17.8. The second kappa shape index (κ2) is 11.1. The number of nitrogens with one attached hydrogen (secondary N) is 2. The molecular weight excluding hydrogens is 382 g/mol. The zero-order chi connectivity index (χ0) is 21.3. The van der Waals surface area contributed by atoms with Gasteiger partial charge in [-0.1, -0.05) is 19.3 Å². The topological polar surface area (TPSA) is 87.7 Å². The van der Waals surface area contributed by atoms with E-state index in [4.69, 9.17) is 4.74 Å². The Bertz CT molecular complexity index is 720. The molecule has 0 atom stereocenters. The first-order valence-electron chi connectivity index (χ1n) is 11.1. The lowest BCUT2D eigenvalue weighted by Crippen LogP contribution is -2.41. The lowest BCUT2D eigenvalue weighted by atomic mass is 9.95. The van der Waals surface area contributed by atoms with E-state index in [1.807, 2.05) is 6.92 Å². The van der Waals surface area contributed by atoms with E-state index < -0.39 is 0 Å². The number of hydrogen-bond acceptors (Lipinski definition) is 5. The minimum absolute atomic E-state index is 0.0516. The van der Waals surface area contributed by atoms with Crippen LogP contribution in [0, 0.1) is 5.92 Å². The SMILES string of the molecule is CCOC(=O)C1CCN(CC(=O)Nc2ccc(C(=O)NC3CCCCC3)cc2)CC1. The van der Waals surface area contributed by atoms with Crippen LogP contribution in [0.15, 0.2) is 24.3 Å². The highest BCUT2D eigenvalue weighted by atomic mass is 16.5. The molecule has 2 N–H and O–H groups in total. The van der Waals surface area contributed by atoms with Crippen molar-refractivity contribution in [1.82, 2.24) is 10.2 Å². The molecule has 2 fully saturated rings. The van der Waals surface area contributed by atoms with Gasteiger partial charge in [-0.3, -0.25) is 19.3 Å². The highest BCUT2D eigenvalue weighted by Gasteiger charge is 2.26. The molecule has 0 aromatic heterocycles. The van der Waals surface area contributed by atoms with Gasteiger partial charge in [-0.2, -0.15) is 0 Å². The first-order chi connectivity index (χ1) is 14.5. The molecule has 1 aliphatic heterocycles. The van der Waals surface area contributed by atoms with E-state index in [0.717, 1.165) is 25.7 Å². The van der Waals surface area contributed by atoms with Crippen LogP contribution < -0.4 is 10.6 Å². The average molecular weight is 416 g/mol. The smallest absolute Gasteiger partial charge is 0.309 e. The largest absolute Gasteiger partial charge is 0.466 e. The van der Waals surface area contributed by atoms with Gasteiger partial charge in [-0.15, -0.1) is 0 Å². The summed E-state index contributed by atoms with van der Waals surface area (Å²) < 4.78 is 5.08. The summed E-state index contributed by atoms with van der Waals surface area (Å²) in [5.74, 6) is -0.334. The molecule has 1 aromatic rings. The van der Waals surface area contributed by atoms with Crippen LogP contribution >= 0.6 is 0 Å². The monoisotopic (exact) mass is 415 g/mol. The van der Waals surface area contributed by atoms with Gasteiger partial charge in [0.15, 0.2) is 0 Å². The van der Waals surface area contributed by atoms with Crippen molar-refractivity contribution in [1.29, 1.82) is 0 Å². The Morgan fingerprint density at radius 2 is 1.67 bits per heavy atom. The maximum Gasteiger partial charge on any atom is 0.309 e. The van der Waals surface area contributed by atoms with Crippen molar-refractivity contribution in [2.45, 2.75) is 57.9 Å². The Morgan fingerprint density at radius 1 is 1.00 bits per heavy atom. The van der Waals surface area contributed by atoms with E-state index >= 15 is 0 Å². The van der Waals surface area contributed by atoms with E-state index in [-0.39, 0.29) is 29.7 Å². The van der Waals surface area contributed by atoms with Crippen LogP contribution in [0.1, 0.15) is 62.2 Å². The van der Waals surface area contributed by atoms with Gasteiger partial charge in [0.1, 0.15) is 0 Å². The number of piperidine rings is 1. The number of carbonyl (C=O) groups is 3. The van der Waals surface area contributed by atoms with Gasteiger partial charge < -0.3 is 15.4 Å². The number of nitrogens with zero attached hydrogens (tertiary/aromatic N) is 1. The van der Waals surface area contributed by atoms with Gasteiger partial charge in [-0.25, -0.2) is 0 Å². The Balaban J connectivity index is 1.41. The van der Waals surface area contributed by atoms with Gasteiger partial charge in [0.2, 0.25) is 5.91 Å². The first-order valence-corrected chi connectivity index (χ1v) is 11.1. The van der Waals surface area contributed by atoms with Crippen molar-refractivity contribution in [2.24, 2.45) is 5.92 Å². The zero-order valence-corrected chi connectivity index (χ0v) is 17.8. The second-order valence-corrected chi connectivity index (χ2v) is 8.24. The molecule has 164 valence electrons. The number of carbonyl (C=O) groups excluding carboxylic acids is 3. The van der Waals surface area contributed by atoms with E-state index in [9.17, 15) is 14.4 Å². The van der Waals surface area contributed by atoms with Crippen LogP contribution in [0.3, 0.4) is 0 Å². The molecule has 0 spiro atoms. The maximum atomic E-state index is 12.4. The number of ether oxygens (including phenoxy) is 1. The van der Waals surface area contributed by atoms with Gasteiger partial charge >= 0.3 is 5.97 Å². The number of rotatable bonds is 7. The van der Waals surface area contributed by atoms with Crippen LogP contribution in [0.5, 0.6) is 0 Å². The Morgan fingerprint density at radius 3 is 2.30 bits per heavy atom. The number of anilines is 1. The molecule has 2 amide bonds. The normalized spacial score (nSPS) is 18.6. The fraction of sp³-hybridized carbons (Fsp3) is 0.609. The van der Waals surface area contributed by atoms with Gasteiger partial charge in [0.25, 0.3) is 5.91 Å². The van der Waals surface area contributed by atoms with E-state index in [0.29, 0.717) is 37.5 Å². The third-order valence-electron chi connectivity index (χ3n) is 5.95. The minimum Gasteiger partial charge on any atom is -0.466 e. The van der Waals surface area contributed by atoms with Crippen molar-refractivity contribution in [3.8, 4) is 0 Å². The lowest BCUT2D eigenvalue weighted by Gasteiger charge is -2.30. The van der Waals surface area contributed by atoms with Crippen molar-refractivity contribution >= 4 is 23.5 Å². The number of benzene rings is 1. The molecule has 2 aliphatic rings. The number of esters is 1. The highest BCUT2D eigenvalue weighted by molar-refractivity contribution is 5.96. The van der Waals surface area contributed by atoms with Crippen molar-refractivity contribution in [3.05, 3.63) is 29.8 Å². The summed E-state index contributed by atoms with van der Waals surface area (Å²) >= 11 is 0. The molecule has 1 saturated heterocycles. The molecule has 7 nitrogen and oxygen atoms in total. The Labute approximate surface area is 178 Å². The molecule has 3 rings (SSSR count). The Hall–Kier alpha value is -2.41. The predicted molar refractivity (Wildman–Crippen MR) is 115 cm³/mol. The molecule has 1 heterocycles. The van der Waals surface area contributed by atoms with Crippen molar-refractivity contribution in [3.63, 3.8) is 0 Å². The number of likely N-dealkylation sites (tertiary alicyclic amines) is 1. The van der Waals surface area contributed by atoms with E-state index in [1.54, 1.807) is 24.3 Å². The third kappa shape index (κ3) is 6.55. The summed E-state index contributed by atoms with van der Waals surface area (Å²) in [6.45, 7) is 3.92. The van der Waals surface area contributed by atoms with Gasteiger partial charge in [-0.05, 0) is 70.0 Å². The maximum absolute atomic E-state index is 12.4. The fourth-order valence-corrected chi connectivity index (χ4v) is 4.21. The predicted octanol–water partition coefficient (Wildman–Crippen LogP) is 2.96. The molecular formula is C23H33N3O4. The van der Waals surface area contributed by atoms with Crippen molar-refractivity contribution < 1.29 is 19.1 Å². The van der Waals surface area contributed by atoms with Gasteiger partial charge in [0.05, 0.1) is 19.1 Å². The summed E-state index contributed by atoms with van der Waals surface area (Å²) in [7, 11) is 0. The minimum atomic E-state index is -0.130. The van der Waals surface area contributed by atoms with Crippen LogP contribution in [0.2, 0.25) is 0 Å². The molecule has 1 aliphatic carbocycles. The first kappa shape index (κ1) is 22.3. The average Bonchev–Trinajstić information content (AvgIpc) is 2.75. The number of amides is 2. The van der Waals surface area contributed by atoms with Gasteiger partial charge in [0, 0.05) is 17.3 Å². The fourth-order valence-electron chi connectivity index (χ4n) is 4.21. The lowest BCUT2D eigenvalue weighted by molar-refractivity contribution is -0.149. The molecule has 0 bridgehead atoms. The second-order valence-electron chi connectivity index (χ2n) is 8.24. The quantitative estimate of drug-likeness (QED) is 0.669. The highest BCUT2D eigenvalue weighted by Crippen LogP contribution is 2.20. The van der Waals surface area contributed by atoms with Crippen LogP contribution in [0.4, 0.5) is 5.69 Å². The van der Waals surface area contributed by atoms with Crippen LogP contribution in [-0.2, 0) is 14.3 Å². The summed E-state index contributed by atoms with van der Waals surface area (Å²) in [6, 6.07) is 7.30. The summed E-state index contributed by atoms with van der Waals surface area (Å²) in [6.07, 6.45) is 7.15. The van der Waals surface area contributed by atoms with E-state index in [1.165, 1.54) is 19.3 Å².